The minimum atomic E-state index is -4.17. The fourth-order valence-electron chi connectivity index (χ4n) is 4.38. The number of carbonyl (C=O) groups is 1. The van der Waals surface area contributed by atoms with E-state index in [9.17, 15) is 21.6 Å². The van der Waals surface area contributed by atoms with E-state index >= 15 is 0 Å². The monoisotopic (exact) mass is 545 g/mol. The molecular weight excluding hydrogens is 514 g/mol. The van der Waals surface area contributed by atoms with Crippen LogP contribution in [0.25, 0.3) is 0 Å². The summed E-state index contributed by atoms with van der Waals surface area (Å²) in [5, 5.41) is 2.68. The summed E-state index contributed by atoms with van der Waals surface area (Å²) in [6.07, 6.45) is 5.22. The predicted octanol–water partition coefficient (Wildman–Crippen LogP) is 3.97. The van der Waals surface area contributed by atoms with Crippen molar-refractivity contribution in [3.05, 3.63) is 78.8 Å². The Hall–Kier alpha value is -2.99. The molecule has 0 bridgehead atoms. The third-order valence-electron chi connectivity index (χ3n) is 6.48. The Balaban J connectivity index is 1.53. The molecule has 37 heavy (non-hydrogen) atoms. The largest absolute Gasteiger partial charge is 0.468 e. The van der Waals surface area contributed by atoms with E-state index in [1.165, 1.54) is 30.5 Å². The van der Waals surface area contributed by atoms with Crippen LogP contribution in [0.5, 0.6) is 0 Å². The second kappa shape index (κ2) is 11.6. The van der Waals surface area contributed by atoms with Crippen molar-refractivity contribution < 1.29 is 26.0 Å². The number of anilines is 1. The van der Waals surface area contributed by atoms with Crippen LogP contribution >= 0.6 is 0 Å². The summed E-state index contributed by atoms with van der Waals surface area (Å²) in [7, 11) is -7.97. The zero-order chi connectivity index (χ0) is 26.5. The Labute approximate surface area is 218 Å². The van der Waals surface area contributed by atoms with Crippen LogP contribution in [0.4, 0.5) is 5.69 Å². The van der Waals surface area contributed by atoms with E-state index in [0.29, 0.717) is 11.4 Å². The van der Waals surface area contributed by atoms with Gasteiger partial charge in [0.05, 0.1) is 29.1 Å². The fraction of sp³-hybridized carbons (Fsp3) is 0.346. The first-order valence-electron chi connectivity index (χ1n) is 12.1. The summed E-state index contributed by atoms with van der Waals surface area (Å²) in [4.78, 5) is 12.6. The second-order valence-electron chi connectivity index (χ2n) is 9.23. The lowest BCUT2D eigenvalue weighted by Crippen LogP contribution is -2.41. The molecule has 0 aliphatic heterocycles. The average molecular weight is 546 g/mol. The highest BCUT2D eigenvalue weighted by atomic mass is 32.2. The number of hydrogen-bond donors (Lipinski definition) is 2. The van der Waals surface area contributed by atoms with Gasteiger partial charge in [-0.3, -0.25) is 4.79 Å². The summed E-state index contributed by atoms with van der Waals surface area (Å²) in [6, 6.07) is 16.9. The predicted molar refractivity (Wildman–Crippen MR) is 140 cm³/mol. The van der Waals surface area contributed by atoms with Crippen LogP contribution in [-0.2, 0) is 31.4 Å². The number of carbonyl (C=O) groups excluding carboxylic acids is 1. The molecule has 0 spiro atoms. The van der Waals surface area contributed by atoms with Crippen LogP contribution < -0.4 is 10.0 Å². The molecule has 198 valence electrons. The lowest BCUT2D eigenvalue weighted by Gasteiger charge is -2.29. The SMILES string of the molecule is C[C@@H]1CCCC[C@@H]1NS(=O)(=O)c1ccc(S(=O)(=O)N(CC(=O)Nc2ccccc2)Cc2ccco2)cc1. The molecule has 1 saturated carbocycles. The molecule has 0 unspecified atom stereocenters. The summed E-state index contributed by atoms with van der Waals surface area (Å²) in [5.74, 6) is 0.0767. The van der Waals surface area contributed by atoms with Crippen molar-refractivity contribution in [2.45, 2.75) is 55.0 Å². The van der Waals surface area contributed by atoms with E-state index in [0.717, 1.165) is 30.0 Å². The van der Waals surface area contributed by atoms with Crippen molar-refractivity contribution in [3.8, 4) is 0 Å². The normalized spacial score (nSPS) is 18.5. The topological polar surface area (TPSA) is 126 Å². The molecule has 2 N–H and O–H groups in total. The molecule has 1 fully saturated rings. The van der Waals surface area contributed by atoms with Gasteiger partial charge >= 0.3 is 0 Å². The first kappa shape index (κ1) is 27.1. The van der Waals surface area contributed by atoms with Gasteiger partial charge in [-0.2, -0.15) is 4.31 Å². The zero-order valence-corrected chi connectivity index (χ0v) is 22.2. The Bertz CT molecular complexity index is 1390. The molecule has 1 aliphatic carbocycles. The third-order valence-corrected chi connectivity index (χ3v) is 9.79. The van der Waals surface area contributed by atoms with Crippen LogP contribution in [0.2, 0.25) is 0 Å². The number of rotatable bonds is 10. The third kappa shape index (κ3) is 6.86. The van der Waals surface area contributed by atoms with E-state index in [4.69, 9.17) is 4.42 Å². The van der Waals surface area contributed by atoms with E-state index in [-0.39, 0.29) is 28.3 Å². The Morgan fingerprint density at radius 2 is 1.59 bits per heavy atom. The van der Waals surface area contributed by atoms with Gasteiger partial charge in [-0.1, -0.05) is 38.0 Å². The quantitative estimate of drug-likeness (QED) is 0.397. The molecule has 2 atom stereocenters. The molecular formula is C26H31N3O6S2. The molecule has 1 heterocycles. The van der Waals surface area contributed by atoms with Gasteiger partial charge in [0.15, 0.2) is 0 Å². The van der Waals surface area contributed by atoms with Gasteiger partial charge in [-0.25, -0.2) is 21.6 Å². The van der Waals surface area contributed by atoms with Crippen LogP contribution in [0.1, 0.15) is 38.4 Å². The maximum absolute atomic E-state index is 13.5. The van der Waals surface area contributed by atoms with E-state index in [2.05, 4.69) is 10.0 Å². The number of hydrogen-bond acceptors (Lipinski definition) is 6. The van der Waals surface area contributed by atoms with Gasteiger partial charge in [0.25, 0.3) is 0 Å². The standard InChI is InChI=1S/C26H31N3O6S2/c1-20-8-5-6-12-25(20)28-36(31,32)23-13-15-24(16-14-23)37(33,34)29(18-22-11-7-17-35-22)19-26(30)27-21-9-3-2-4-10-21/h2-4,7,9-11,13-17,20,25,28H,5-6,8,12,18-19H2,1H3,(H,27,30)/t20-,25+/m1/s1. The molecule has 0 saturated heterocycles. The van der Waals surface area contributed by atoms with Crippen LogP contribution in [-0.4, -0.2) is 39.6 Å². The highest BCUT2D eigenvalue weighted by Crippen LogP contribution is 2.26. The summed E-state index contributed by atoms with van der Waals surface area (Å²) < 4.78 is 62.0. The van der Waals surface area contributed by atoms with Gasteiger partial charge in [0.1, 0.15) is 5.76 Å². The van der Waals surface area contributed by atoms with E-state index in [1.54, 1.807) is 42.5 Å². The lowest BCUT2D eigenvalue weighted by molar-refractivity contribution is -0.116. The van der Waals surface area contributed by atoms with Gasteiger partial charge in [0, 0.05) is 11.7 Å². The Morgan fingerprint density at radius 1 is 0.919 bits per heavy atom. The minimum absolute atomic E-state index is 0.0105. The maximum atomic E-state index is 13.5. The van der Waals surface area contributed by atoms with Crippen LogP contribution in [0, 0.1) is 5.92 Å². The van der Waals surface area contributed by atoms with Crippen LogP contribution in [0.15, 0.2) is 87.2 Å². The molecule has 9 nitrogen and oxygen atoms in total. The zero-order valence-electron chi connectivity index (χ0n) is 20.5. The molecule has 0 radical (unpaired) electrons. The highest BCUT2D eigenvalue weighted by Gasteiger charge is 2.30. The van der Waals surface area contributed by atoms with Crippen molar-refractivity contribution in [3.63, 3.8) is 0 Å². The first-order chi connectivity index (χ1) is 17.6. The number of benzene rings is 2. The Kier molecular flexibility index (Phi) is 8.48. The molecule has 1 amide bonds. The number of sulfonamides is 2. The van der Waals surface area contributed by atoms with Crippen molar-refractivity contribution in [2.75, 3.05) is 11.9 Å². The molecule has 2 aromatic carbocycles. The molecule has 4 rings (SSSR count). The van der Waals surface area contributed by atoms with Crippen LogP contribution in [0.3, 0.4) is 0 Å². The van der Waals surface area contributed by atoms with Gasteiger partial charge in [-0.15, -0.1) is 0 Å². The van der Waals surface area contributed by atoms with Crippen molar-refractivity contribution in [2.24, 2.45) is 5.92 Å². The maximum Gasteiger partial charge on any atom is 0.243 e. The number of nitrogens with one attached hydrogen (secondary N) is 2. The molecule has 1 aliphatic rings. The fourth-order valence-corrected chi connectivity index (χ4v) is 7.12. The summed E-state index contributed by atoms with van der Waals surface area (Å²) >= 11 is 0. The average Bonchev–Trinajstić information content (AvgIpc) is 3.39. The molecule has 1 aromatic heterocycles. The van der Waals surface area contributed by atoms with Crippen molar-refractivity contribution in [1.29, 1.82) is 0 Å². The van der Waals surface area contributed by atoms with E-state index < -0.39 is 32.5 Å². The van der Waals surface area contributed by atoms with E-state index in [1.807, 2.05) is 6.92 Å². The number of nitrogens with zero attached hydrogens (tertiary/aromatic N) is 1. The number of amides is 1. The number of para-hydroxylation sites is 1. The highest BCUT2D eigenvalue weighted by molar-refractivity contribution is 7.89. The van der Waals surface area contributed by atoms with Gasteiger partial charge in [-0.05, 0) is 67.3 Å². The smallest absolute Gasteiger partial charge is 0.243 e. The first-order valence-corrected chi connectivity index (χ1v) is 15.1. The van der Waals surface area contributed by atoms with Crippen molar-refractivity contribution >= 4 is 31.6 Å². The summed E-state index contributed by atoms with van der Waals surface area (Å²) in [6.45, 7) is 1.40. The Morgan fingerprint density at radius 3 is 2.24 bits per heavy atom. The minimum Gasteiger partial charge on any atom is -0.468 e. The van der Waals surface area contributed by atoms with Gasteiger partial charge < -0.3 is 9.73 Å². The van der Waals surface area contributed by atoms with Crippen molar-refractivity contribution in [1.82, 2.24) is 9.03 Å². The molecule has 11 heteroatoms. The lowest BCUT2D eigenvalue weighted by atomic mass is 9.87. The summed E-state index contributed by atoms with van der Waals surface area (Å²) in [5.41, 5.74) is 0.539. The number of furan rings is 1. The molecule has 3 aromatic rings. The van der Waals surface area contributed by atoms with Gasteiger partial charge in [0.2, 0.25) is 26.0 Å². The second-order valence-corrected chi connectivity index (χ2v) is 12.9.